The Hall–Kier alpha value is -2.58. The highest BCUT2D eigenvalue weighted by molar-refractivity contribution is 6.00. The van der Waals surface area contributed by atoms with Crippen molar-refractivity contribution in [2.45, 2.75) is 6.42 Å². The zero-order valence-corrected chi connectivity index (χ0v) is 13.3. The first kappa shape index (κ1) is 17.2. The number of amides is 3. The van der Waals surface area contributed by atoms with Gasteiger partial charge < -0.3 is 14.7 Å². The van der Waals surface area contributed by atoms with Crippen molar-refractivity contribution < 1.29 is 27.6 Å². The van der Waals surface area contributed by atoms with Crippen LogP contribution in [0.2, 0.25) is 0 Å². The van der Waals surface area contributed by atoms with Crippen molar-refractivity contribution in [3.63, 3.8) is 0 Å². The Balaban J connectivity index is 1.71. The van der Waals surface area contributed by atoms with Crippen LogP contribution in [0.5, 0.6) is 0 Å². The van der Waals surface area contributed by atoms with E-state index in [-0.39, 0.29) is 24.6 Å². The van der Waals surface area contributed by atoms with Crippen molar-refractivity contribution in [1.29, 1.82) is 0 Å². The highest BCUT2D eigenvalue weighted by Gasteiger charge is 2.39. The van der Waals surface area contributed by atoms with Gasteiger partial charge in [0.05, 0.1) is 11.6 Å². The van der Waals surface area contributed by atoms with E-state index in [9.17, 15) is 27.6 Å². The molecule has 0 spiro atoms. The van der Waals surface area contributed by atoms with E-state index in [0.717, 1.165) is 17.0 Å². The monoisotopic (exact) mass is 355 g/mol. The van der Waals surface area contributed by atoms with Gasteiger partial charge in [-0.2, -0.15) is 0 Å². The minimum atomic E-state index is -1.65. The average Bonchev–Trinajstić information content (AvgIpc) is 3.01. The molecule has 0 N–H and O–H groups in total. The maximum atomic E-state index is 13.9. The van der Waals surface area contributed by atoms with Crippen LogP contribution in [0.1, 0.15) is 6.42 Å². The van der Waals surface area contributed by atoms with Crippen molar-refractivity contribution in [1.82, 2.24) is 9.80 Å². The largest absolute Gasteiger partial charge is 0.342 e. The number of carbonyl (C=O) groups excluding carboxylic acids is 3. The van der Waals surface area contributed by atoms with Gasteiger partial charge in [-0.1, -0.05) is 0 Å². The Bertz CT molecular complexity index is 720. The summed E-state index contributed by atoms with van der Waals surface area (Å²) in [5, 5.41) is 0. The molecule has 2 saturated heterocycles. The Morgan fingerprint density at radius 3 is 2.40 bits per heavy atom. The van der Waals surface area contributed by atoms with Crippen molar-refractivity contribution in [2.75, 3.05) is 37.6 Å². The summed E-state index contributed by atoms with van der Waals surface area (Å²) < 4.78 is 40.3. The van der Waals surface area contributed by atoms with Crippen molar-refractivity contribution in [3.8, 4) is 0 Å². The van der Waals surface area contributed by atoms with E-state index in [1.165, 1.54) is 0 Å². The first-order chi connectivity index (χ1) is 11.9. The number of rotatable bonds is 3. The predicted molar refractivity (Wildman–Crippen MR) is 81.0 cm³/mol. The number of nitrogens with zero attached hydrogens (tertiary/aromatic N) is 3. The van der Waals surface area contributed by atoms with E-state index in [4.69, 9.17) is 0 Å². The molecule has 2 aliphatic rings. The molecule has 3 rings (SSSR count). The standard InChI is InChI=1S/C16H16F3N3O3/c17-11-1-2-12(15(19)14(11)18)22-8-10(7-13(22)24)16(25)21-5-3-20(9-23)4-6-21/h1-2,9-10H,3-8H2. The highest BCUT2D eigenvalue weighted by atomic mass is 19.2. The zero-order valence-electron chi connectivity index (χ0n) is 13.3. The van der Waals surface area contributed by atoms with E-state index >= 15 is 0 Å². The van der Waals surface area contributed by atoms with Crippen molar-refractivity contribution >= 4 is 23.9 Å². The molecule has 2 heterocycles. The molecule has 134 valence electrons. The molecular weight excluding hydrogens is 339 g/mol. The van der Waals surface area contributed by atoms with Gasteiger partial charge in [0.1, 0.15) is 0 Å². The van der Waals surface area contributed by atoms with Crippen LogP contribution in [0, 0.1) is 23.4 Å². The number of carbonyl (C=O) groups is 3. The molecule has 2 aliphatic heterocycles. The van der Waals surface area contributed by atoms with Gasteiger partial charge in [0.2, 0.25) is 18.2 Å². The minimum Gasteiger partial charge on any atom is -0.342 e. The third-order valence-corrected chi connectivity index (χ3v) is 4.55. The molecule has 9 heteroatoms. The number of hydrogen-bond donors (Lipinski definition) is 0. The maximum absolute atomic E-state index is 13.9. The fourth-order valence-corrected chi connectivity index (χ4v) is 3.14. The van der Waals surface area contributed by atoms with Crippen molar-refractivity contribution in [2.24, 2.45) is 5.92 Å². The molecule has 6 nitrogen and oxygen atoms in total. The summed E-state index contributed by atoms with van der Waals surface area (Å²) in [4.78, 5) is 39.5. The van der Waals surface area contributed by atoms with Gasteiger partial charge in [0, 0.05) is 39.1 Å². The van der Waals surface area contributed by atoms with Gasteiger partial charge in [-0.25, -0.2) is 13.2 Å². The smallest absolute Gasteiger partial charge is 0.228 e. The Kier molecular flexibility index (Phi) is 4.65. The van der Waals surface area contributed by atoms with E-state index in [0.29, 0.717) is 32.6 Å². The summed E-state index contributed by atoms with van der Waals surface area (Å²) >= 11 is 0. The predicted octanol–water partition coefficient (Wildman–Crippen LogP) is 0.757. The Morgan fingerprint density at radius 1 is 1.08 bits per heavy atom. The molecular formula is C16H16F3N3O3. The molecule has 1 atom stereocenters. The van der Waals surface area contributed by atoms with Crippen LogP contribution in [0.15, 0.2) is 12.1 Å². The second-order valence-corrected chi connectivity index (χ2v) is 6.07. The molecule has 0 saturated carbocycles. The Labute approximate surface area is 141 Å². The van der Waals surface area contributed by atoms with E-state index in [1.807, 2.05) is 0 Å². The van der Waals surface area contributed by atoms with E-state index in [1.54, 1.807) is 9.80 Å². The fourth-order valence-electron chi connectivity index (χ4n) is 3.14. The lowest BCUT2D eigenvalue weighted by Crippen LogP contribution is -2.50. The lowest BCUT2D eigenvalue weighted by atomic mass is 10.1. The summed E-state index contributed by atoms with van der Waals surface area (Å²) in [5.74, 6) is -5.89. The molecule has 2 fully saturated rings. The topological polar surface area (TPSA) is 60.9 Å². The first-order valence-corrected chi connectivity index (χ1v) is 7.84. The number of hydrogen-bond acceptors (Lipinski definition) is 3. The van der Waals surface area contributed by atoms with Crippen LogP contribution in [0.3, 0.4) is 0 Å². The third kappa shape index (κ3) is 3.18. The highest BCUT2D eigenvalue weighted by Crippen LogP contribution is 2.30. The summed E-state index contributed by atoms with van der Waals surface area (Å²) in [5.41, 5.74) is -0.370. The minimum absolute atomic E-state index is 0.0897. The van der Waals surface area contributed by atoms with Gasteiger partial charge >= 0.3 is 0 Å². The zero-order chi connectivity index (χ0) is 18.1. The molecule has 0 bridgehead atoms. The molecule has 0 aromatic heterocycles. The normalized spacial score (nSPS) is 21.0. The Morgan fingerprint density at radius 2 is 1.76 bits per heavy atom. The number of piperazine rings is 1. The maximum Gasteiger partial charge on any atom is 0.228 e. The second kappa shape index (κ2) is 6.73. The lowest BCUT2D eigenvalue weighted by Gasteiger charge is -2.33. The summed E-state index contributed by atoms with van der Waals surface area (Å²) in [7, 11) is 0. The van der Waals surface area contributed by atoms with Crippen LogP contribution in [-0.2, 0) is 14.4 Å². The first-order valence-electron chi connectivity index (χ1n) is 7.84. The molecule has 1 aromatic carbocycles. The molecule has 3 amide bonds. The molecule has 1 unspecified atom stereocenters. The van der Waals surface area contributed by atoms with Crippen LogP contribution in [0.25, 0.3) is 0 Å². The fraction of sp³-hybridized carbons (Fsp3) is 0.438. The van der Waals surface area contributed by atoms with Crippen LogP contribution >= 0.6 is 0 Å². The molecule has 25 heavy (non-hydrogen) atoms. The summed E-state index contributed by atoms with van der Waals surface area (Å²) in [6.45, 7) is 1.46. The second-order valence-electron chi connectivity index (χ2n) is 6.07. The van der Waals surface area contributed by atoms with Crippen molar-refractivity contribution in [3.05, 3.63) is 29.6 Å². The molecule has 0 aliphatic carbocycles. The van der Waals surface area contributed by atoms with Crippen LogP contribution in [0.4, 0.5) is 18.9 Å². The molecule has 0 radical (unpaired) electrons. The number of anilines is 1. The lowest BCUT2D eigenvalue weighted by molar-refractivity contribution is -0.139. The summed E-state index contributed by atoms with van der Waals surface area (Å²) in [6.07, 6.45) is 0.597. The van der Waals surface area contributed by atoms with Gasteiger partial charge in [0.25, 0.3) is 0 Å². The van der Waals surface area contributed by atoms with Gasteiger partial charge in [-0.15, -0.1) is 0 Å². The number of benzene rings is 1. The van der Waals surface area contributed by atoms with Gasteiger partial charge in [0.15, 0.2) is 17.5 Å². The van der Waals surface area contributed by atoms with Gasteiger partial charge in [-0.3, -0.25) is 14.4 Å². The number of halogens is 3. The third-order valence-electron chi connectivity index (χ3n) is 4.55. The average molecular weight is 355 g/mol. The quantitative estimate of drug-likeness (QED) is 0.594. The van der Waals surface area contributed by atoms with Gasteiger partial charge in [-0.05, 0) is 12.1 Å². The van der Waals surface area contributed by atoms with E-state index < -0.39 is 29.3 Å². The summed E-state index contributed by atoms with van der Waals surface area (Å²) in [6, 6.07) is 1.73. The van der Waals surface area contributed by atoms with E-state index in [2.05, 4.69) is 0 Å². The SMILES string of the molecule is O=CN1CCN(C(=O)C2CC(=O)N(c3ccc(F)c(F)c3F)C2)CC1. The van der Waals surface area contributed by atoms with Crippen LogP contribution in [-0.4, -0.2) is 60.7 Å². The molecule has 1 aromatic rings. The van der Waals surface area contributed by atoms with Crippen LogP contribution < -0.4 is 4.90 Å².